The van der Waals surface area contributed by atoms with E-state index in [0.29, 0.717) is 24.2 Å². The van der Waals surface area contributed by atoms with Gasteiger partial charge in [0.25, 0.3) is 0 Å². The first-order valence-electron chi connectivity index (χ1n) is 12.8. The molecule has 1 aliphatic carbocycles. The van der Waals surface area contributed by atoms with Crippen LogP contribution in [-0.2, 0) is 19.0 Å². The second-order valence-electron chi connectivity index (χ2n) is 10.1. The second kappa shape index (κ2) is 10.6. The summed E-state index contributed by atoms with van der Waals surface area (Å²) < 4.78 is 10.7. The Kier molecular flexibility index (Phi) is 7.23. The molecule has 4 atom stereocenters. The van der Waals surface area contributed by atoms with E-state index in [2.05, 4.69) is 10.8 Å². The molecule has 2 aromatic rings. The maximum atomic E-state index is 13.2. The molecule has 3 amide bonds. The number of ether oxygens (including phenoxy) is 1. The smallest absolute Gasteiger partial charge is 0.455 e. The number of likely N-dealkylation sites (tertiary alicyclic amines) is 1. The summed E-state index contributed by atoms with van der Waals surface area (Å²) in [6.45, 7) is 1.94. The molecule has 38 heavy (non-hydrogen) atoms. The monoisotopic (exact) mass is 515 g/mol. The van der Waals surface area contributed by atoms with Crippen LogP contribution in [0.3, 0.4) is 0 Å². The molecular weight excluding hydrogens is 485 g/mol. The summed E-state index contributed by atoms with van der Waals surface area (Å²) in [5.74, 6) is -2.66. The minimum absolute atomic E-state index is 0.188. The van der Waals surface area contributed by atoms with Crippen molar-refractivity contribution in [1.29, 1.82) is 0 Å². The van der Waals surface area contributed by atoms with Crippen LogP contribution in [-0.4, -0.2) is 53.3 Å². The quantitative estimate of drug-likeness (QED) is 0.264. The first kappa shape index (κ1) is 25.9. The number of amides is 3. The average Bonchev–Trinajstić information content (AvgIpc) is 3.16. The highest BCUT2D eigenvalue weighted by Crippen LogP contribution is 2.50. The summed E-state index contributed by atoms with van der Waals surface area (Å²) >= 11 is 0. The van der Waals surface area contributed by atoms with Crippen LogP contribution in [0.15, 0.2) is 65.7 Å². The summed E-state index contributed by atoms with van der Waals surface area (Å²) in [7, 11) is 0.0564. The summed E-state index contributed by atoms with van der Waals surface area (Å²) in [6, 6.07) is 16.9. The van der Waals surface area contributed by atoms with Crippen LogP contribution in [0, 0.1) is 17.8 Å². The zero-order valence-electron chi connectivity index (χ0n) is 21.4. The fourth-order valence-electron chi connectivity index (χ4n) is 6.20. The SMILES string of the molecule is COC(=O)N1C(=O)[C@@H]2[C@@H](CC(C)=C3[C@@H](CC/C(=C/c4ccc(O)cc4)c4ccccc4)OB(O)C[C@@H]32)C1=O. The predicted molar refractivity (Wildman–Crippen MR) is 141 cm³/mol. The molecule has 5 rings (SSSR count). The van der Waals surface area contributed by atoms with E-state index >= 15 is 0 Å². The molecule has 3 aliphatic rings. The molecule has 8 nitrogen and oxygen atoms in total. The molecule has 9 heteroatoms. The predicted octanol–water partition coefficient (Wildman–Crippen LogP) is 4.30. The molecule has 196 valence electrons. The first-order chi connectivity index (χ1) is 18.3. The van der Waals surface area contributed by atoms with Gasteiger partial charge in [0.05, 0.1) is 25.0 Å². The molecule has 2 heterocycles. The van der Waals surface area contributed by atoms with Crippen molar-refractivity contribution >= 4 is 36.7 Å². The molecule has 2 saturated heterocycles. The van der Waals surface area contributed by atoms with Gasteiger partial charge in [-0.15, -0.1) is 0 Å². The molecule has 0 unspecified atom stereocenters. The topological polar surface area (TPSA) is 113 Å². The number of carbonyl (C=O) groups excluding carboxylic acids is 3. The van der Waals surface area contributed by atoms with Crippen molar-refractivity contribution in [3.63, 3.8) is 0 Å². The Morgan fingerprint density at radius 2 is 1.82 bits per heavy atom. The lowest BCUT2D eigenvalue weighted by Crippen LogP contribution is -2.46. The Morgan fingerprint density at radius 1 is 1.11 bits per heavy atom. The molecule has 0 aromatic heterocycles. The van der Waals surface area contributed by atoms with Crippen LogP contribution < -0.4 is 0 Å². The van der Waals surface area contributed by atoms with Crippen molar-refractivity contribution in [3.05, 3.63) is 76.9 Å². The third-order valence-corrected chi connectivity index (χ3v) is 7.86. The molecule has 0 spiro atoms. The van der Waals surface area contributed by atoms with Gasteiger partial charge < -0.3 is 19.5 Å². The van der Waals surface area contributed by atoms with Gasteiger partial charge in [0.1, 0.15) is 5.75 Å². The third-order valence-electron chi connectivity index (χ3n) is 7.86. The lowest BCUT2D eigenvalue weighted by molar-refractivity contribution is -0.137. The third kappa shape index (κ3) is 4.79. The van der Waals surface area contributed by atoms with E-state index in [0.717, 1.165) is 35.0 Å². The van der Waals surface area contributed by atoms with Gasteiger partial charge in [-0.3, -0.25) is 9.59 Å². The van der Waals surface area contributed by atoms with E-state index in [1.807, 2.05) is 49.4 Å². The number of benzene rings is 2. The number of aromatic hydroxyl groups is 1. The van der Waals surface area contributed by atoms with Crippen molar-refractivity contribution in [3.8, 4) is 5.75 Å². The summed E-state index contributed by atoms with van der Waals surface area (Å²) in [5, 5.41) is 20.3. The maximum Gasteiger partial charge on any atom is 0.455 e. The molecule has 2 aromatic carbocycles. The molecule has 2 aliphatic heterocycles. The molecule has 2 N–H and O–H groups in total. The highest BCUT2D eigenvalue weighted by atomic mass is 16.5. The van der Waals surface area contributed by atoms with E-state index in [1.54, 1.807) is 12.1 Å². The fourth-order valence-corrected chi connectivity index (χ4v) is 6.20. The molecule has 0 bridgehead atoms. The van der Waals surface area contributed by atoms with Gasteiger partial charge in [-0.25, -0.2) is 4.79 Å². The number of carbonyl (C=O) groups is 3. The highest BCUT2D eigenvalue weighted by Gasteiger charge is 2.58. The summed E-state index contributed by atoms with van der Waals surface area (Å²) in [4.78, 5) is 39.0. The van der Waals surface area contributed by atoms with E-state index in [9.17, 15) is 24.5 Å². The van der Waals surface area contributed by atoms with E-state index in [-0.39, 0.29) is 12.1 Å². The average molecular weight is 515 g/mol. The van der Waals surface area contributed by atoms with Crippen molar-refractivity contribution in [2.24, 2.45) is 17.8 Å². The Balaban J connectivity index is 1.43. The van der Waals surface area contributed by atoms with Crippen LogP contribution in [0.5, 0.6) is 5.75 Å². The fraction of sp³-hybridized carbons (Fsp3) is 0.345. The van der Waals surface area contributed by atoms with Gasteiger partial charge in [0, 0.05) is 0 Å². The van der Waals surface area contributed by atoms with Gasteiger partial charge in [0.15, 0.2) is 0 Å². The number of phenolic OH excluding ortho intramolecular Hbond substituents is 1. The van der Waals surface area contributed by atoms with Gasteiger partial charge in [-0.05, 0) is 72.8 Å². The molecular formula is C29H30BNO7. The number of hydrogen-bond acceptors (Lipinski definition) is 7. The highest BCUT2D eigenvalue weighted by molar-refractivity contribution is 6.43. The number of allylic oxidation sites excluding steroid dienone is 2. The van der Waals surface area contributed by atoms with Crippen molar-refractivity contribution in [1.82, 2.24) is 4.90 Å². The van der Waals surface area contributed by atoms with E-state index in [4.69, 9.17) is 4.65 Å². The van der Waals surface area contributed by atoms with Crippen LogP contribution in [0.4, 0.5) is 4.79 Å². The number of nitrogens with zero attached hydrogens (tertiary/aromatic N) is 1. The van der Waals surface area contributed by atoms with Crippen molar-refractivity contribution in [2.45, 2.75) is 38.6 Å². The number of phenols is 1. The Hall–Kier alpha value is -3.69. The first-order valence-corrected chi connectivity index (χ1v) is 12.8. The largest absolute Gasteiger partial charge is 0.508 e. The zero-order valence-corrected chi connectivity index (χ0v) is 21.4. The Morgan fingerprint density at radius 3 is 2.50 bits per heavy atom. The lowest BCUT2D eigenvalue weighted by atomic mass is 9.58. The van der Waals surface area contributed by atoms with Crippen LogP contribution in [0.1, 0.15) is 37.3 Å². The van der Waals surface area contributed by atoms with Crippen molar-refractivity contribution in [2.75, 3.05) is 7.11 Å². The minimum atomic E-state index is -1.09. The van der Waals surface area contributed by atoms with Gasteiger partial charge in [0.2, 0.25) is 11.8 Å². The number of hydrogen-bond donors (Lipinski definition) is 2. The molecule has 0 saturated carbocycles. The molecule has 0 radical (unpaired) electrons. The molecule has 2 fully saturated rings. The van der Waals surface area contributed by atoms with Gasteiger partial charge in [-0.2, -0.15) is 4.90 Å². The standard InChI is InChI=1S/C29H30BNO7/c1-17-14-22-26(28(34)31(27(22)33)29(35)37-2)23-16-30(36)38-24(25(17)23)13-10-20(19-6-4-3-5-7-19)15-18-8-11-21(32)12-9-18/h3-9,11-12,15,22-24,26,32,36H,10,13-14,16H2,1-2H3/b20-15-/t22-,23+,24-,26-/m1/s1. The second-order valence-corrected chi connectivity index (χ2v) is 10.1. The van der Waals surface area contributed by atoms with Gasteiger partial charge in [-0.1, -0.05) is 54.1 Å². The normalized spacial score (nSPS) is 25.4. The number of methoxy groups -OCH3 is 1. The van der Waals surface area contributed by atoms with Crippen LogP contribution >= 0.6 is 0 Å². The van der Waals surface area contributed by atoms with Crippen LogP contribution in [0.2, 0.25) is 6.32 Å². The maximum absolute atomic E-state index is 13.2. The van der Waals surface area contributed by atoms with E-state index < -0.39 is 48.9 Å². The minimum Gasteiger partial charge on any atom is -0.508 e. The van der Waals surface area contributed by atoms with Crippen molar-refractivity contribution < 1.29 is 33.9 Å². The number of fused-ring (bicyclic) bond motifs is 3. The van der Waals surface area contributed by atoms with Crippen LogP contribution in [0.25, 0.3) is 11.6 Å². The zero-order chi connectivity index (χ0) is 27.0. The summed E-state index contributed by atoms with van der Waals surface area (Å²) in [6.07, 6.45) is 2.39. The number of rotatable bonds is 5. The van der Waals surface area contributed by atoms with Gasteiger partial charge >= 0.3 is 13.2 Å². The summed E-state index contributed by atoms with van der Waals surface area (Å²) in [5.41, 5.74) is 4.96. The Bertz CT molecular complexity index is 1300. The Labute approximate surface area is 221 Å². The lowest BCUT2D eigenvalue weighted by Gasteiger charge is -2.42. The van der Waals surface area contributed by atoms with E-state index in [1.165, 1.54) is 0 Å². The number of imide groups is 3.